The molecule has 0 unspecified atom stereocenters. The second-order valence-electron chi connectivity index (χ2n) is 19.0. The van der Waals surface area contributed by atoms with Crippen LogP contribution >= 0.6 is 0 Å². The highest BCUT2D eigenvalue weighted by molar-refractivity contribution is 6.03. The van der Waals surface area contributed by atoms with Crippen LogP contribution in [-0.2, 0) is 29.0 Å². The first kappa shape index (κ1) is 54.8. The van der Waals surface area contributed by atoms with Crippen LogP contribution in [0.5, 0.6) is 0 Å². The maximum absolute atomic E-state index is 13.9. The number of anilines is 1. The molecule has 3 saturated heterocycles. The lowest BCUT2D eigenvalue weighted by atomic mass is 9.96. The van der Waals surface area contributed by atoms with Crippen molar-refractivity contribution in [3.05, 3.63) is 141 Å². The third-order valence-electron chi connectivity index (χ3n) is 13.7. The Balaban J connectivity index is 0.000000288. The van der Waals surface area contributed by atoms with Crippen LogP contribution in [0, 0.1) is 18.7 Å². The number of aromatic amines is 1. The van der Waals surface area contributed by atoms with Gasteiger partial charge < -0.3 is 29.9 Å². The highest BCUT2D eigenvalue weighted by Crippen LogP contribution is 2.27. The summed E-state index contributed by atoms with van der Waals surface area (Å²) in [5, 5.41) is 17.7. The topological polar surface area (TPSA) is 193 Å². The van der Waals surface area contributed by atoms with Gasteiger partial charge in [0.2, 0.25) is 11.8 Å². The number of likely N-dealkylation sites (tertiary alicyclic amines) is 1. The zero-order valence-corrected chi connectivity index (χ0v) is 43.4. The molecule has 6 aromatic rings. The van der Waals surface area contributed by atoms with Crippen molar-refractivity contribution in [2.75, 3.05) is 97.4 Å². The summed E-state index contributed by atoms with van der Waals surface area (Å²) in [6.07, 6.45) is 5.69. The molecule has 18 heteroatoms. The van der Waals surface area contributed by atoms with Gasteiger partial charge in [-0.1, -0.05) is 74.5 Å². The summed E-state index contributed by atoms with van der Waals surface area (Å²) in [5.74, 6) is 0.491. The smallest absolute Gasteiger partial charge is 0.274 e. The van der Waals surface area contributed by atoms with E-state index in [0.717, 1.165) is 106 Å². The Morgan fingerprint density at radius 3 is 2.26 bits per heavy atom. The van der Waals surface area contributed by atoms with Gasteiger partial charge in [-0.2, -0.15) is 5.10 Å². The average molecular weight is 1010 g/mol. The van der Waals surface area contributed by atoms with E-state index < -0.39 is 5.82 Å². The predicted octanol–water partition coefficient (Wildman–Crippen LogP) is 6.07. The molecule has 74 heavy (non-hydrogen) atoms. The Morgan fingerprint density at radius 2 is 1.55 bits per heavy atom. The molecule has 3 amide bonds. The molecule has 392 valence electrons. The SMILES string of the molecule is CC.CCc1cccc(-c2cnc(C(=O)N3CCN(CC4CCN(CC(=O)N5CCN(C)CC5)CC4)CC3)c(NC(=O)CNCc3cc(C)no3)c2)c1.O=Cc1cc(Cc2n[nH]c(=O)c3ccccc23)ccc1F. The van der Waals surface area contributed by atoms with Crippen LogP contribution in [0.2, 0.25) is 0 Å². The number of H-pyrrole nitrogens is 1. The zero-order valence-electron chi connectivity index (χ0n) is 43.4. The number of carbonyl (C=O) groups excluding carboxylic acids is 4. The van der Waals surface area contributed by atoms with Crippen LogP contribution in [0.15, 0.2) is 94.4 Å². The van der Waals surface area contributed by atoms with Gasteiger partial charge in [0.25, 0.3) is 11.5 Å². The van der Waals surface area contributed by atoms with E-state index in [1.165, 1.54) is 17.7 Å². The van der Waals surface area contributed by atoms with E-state index in [-0.39, 0.29) is 41.1 Å². The van der Waals surface area contributed by atoms with Crippen molar-refractivity contribution in [2.24, 2.45) is 5.92 Å². The first-order valence-corrected chi connectivity index (χ1v) is 25.8. The summed E-state index contributed by atoms with van der Waals surface area (Å²) in [6.45, 7) is 18.1. The van der Waals surface area contributed by atoms with E-state index in [4.69, 9.17) is 4.52 Å². The third-order valence-corrected chi connectivity index (χ3v) is 13.7. The van der Waals surface area contributed by atoms with Crippen molar-refractivity contribution in [3.8, 4) is 11.1 Å². The standard InChI is InChI=1S/C38H53N9O4.C16H11FN2O2.C2H6/c1-4-29-6-5-7-31(21-29)32-22-34(41-35(48)25-39-24-33-20-28(2)42-51-33)37(40-23-32)38(50)47-18-14-45(15-19-47)26-30-8-10-44(11-9-30)27-36(49)46-16-12-43(3)13-17-46;17-14-6-5-10(7-11(14)9-20)8-15-12-3-1-2-4-13(12)16(21)19-18-15;1-2/h5-7,20-23,30,39H,4,8-19,24-27H2,1-3H3,(H,41,48);1-7,9H,8H2,(H,19,21);1-2H3. The highest BCUT2D eigenvalue weighted by Gasteiger charge is 2.30. The van der Waals surface area contributed by atoms with Gasteiger partial charge in [-0.3, -0.25) is 33.8 Å². The van der Waals surface area contributed by atoms with Gasteiger partial charge in [0.15, 0.2) is 17.7 Å². The van der Waals surface area contributed by atoms with Crippen LogP contribution in [0.1, 0.15) is 82.7 Å². The number of piperidine rings is 1. The molecule has 0 aliphatic carbocycles. The summed E-state index contributed by atoms with van der Waals surface area (Å²) >= 11 is 0. The lowest BCUT2D eigenvalue weighted by Crippen LogP contribution is -2.52. The molecule has 3 aliphatic rings. The van der Waals surface area contributed by atoms with Gasteiger partial charge >= 0.3 is 0 Å². The number of halogens is 1. The highest BCUT2D eigenvalue weighted by atomic mass is 19.1. The number of fused-ring (bicyclic) bond motifs is 1. The largest absolute Gasteiger partial charge is 0.360 e. The molecule has 3 fully saturated rings. The van der Waals surface area contributed by atoms with Gasteiger partial charge in [0, 0.05) is 88.5 Å². The Morgan fingerprint density at radius 1 is 0.824 bits per heavy atom. The molecule has 3 N–H and O–H groups in total. The second kappa shape index (κ2) is 26.8. The summed E-state index contributed by atoms with van der Waals surface area (Å²) in [7, 11) is 2.11. The first-order chi connectivity index (χ1) is 35.9. The summed E-state index contributed by atoms with van der Waals surface area (Å²) in [4.78, 5) is 77.9. The van der Waals surface area contributed by atoms with Crippen molar-refractivity contribution in [1.82, 2.24) is 50.2 Å². The number of aryl methyl sites for hydroxylation is 2. The first-order valence-electron chi connectivity index (χ1n) is 25.8. The summed E-state index contributed by atoms with van der Waals surface area (Å²) in [6, 6.07) is 23.4. The number of piperazine rings is 2. The van der Waals surface area contributed by atoms with Crippen molar-refractivity contribution in [1.29, 1.82) is 0 Å². The molecule has 3 aromatic carbocycles. The molecule has 6 heterocycles. The van der Waals surface area contributed by atoms with E-state index >= 15 is 0 Å². The van der Waals surface area contributed by atoms with Gasteiger partial charge in [-0.25, -0.2) is 14.5 Å². The van der Waals surface area contributed by atoms with Crippen molar-refractivity contribution < 1.29 is 28.1 Å². The number of hydrogen-bond donors (Lipinski definition) is 3. The number of rotatable bonds is 15. The van der Waals surface area contributed by atoms with Crippen LogP contribution in [-0.4, -0.2) is 161 Å². The number of amides is 3. The second-order valence-corrected chi connectivity index (χ2v) is 19.0. The fraction of sp³-hybridized carbons (Fsp3) is 0.429. The monoisotopic (exact) mass is 1010 g/mol. The Hall–Kier alpha value is -6.99. The molecule has 0 saturated carbocycles. The molecule has 3 aromatic heterocycles. The van der Waals surface area contributed by atoms with E-state index in [0.29, 0.717) is 67.3 Å². The predicted molar refractivity (Wildman–Crippen MR) is 285 cm³/mol. The minimum atomic E-state index is -0.548. The number of hydrogen-bond acceptors (Lipinski definition) is 13. The van der Waals surface area contributed by atoms with Crippen molar-refractivity contribution in [3.63, 3.8) is 0 Å². The summed E-state index contributed by atoms with van der Waals surface area (Å²) < 4.78 is 18.6. The molecule has 0 spiro atoms. The maximum Gasteiger partial charge on any atom is 0.274 e. The quantitative estimate of drug-likeness (QED) is 0.101. The lowest BCUT2D eigenvalue weighted by Gasteiger charge is -2.39. The number of nitrogens with one attached hydrogen (secondary N) is 3. The van der Waals surface area contributed by atoms with Crippen LogP contribution in [0.4, 0.5) is 10.1 Å². The normalized spacial score (nSPS) is 15.7. The third kappa shape index (κ3) is 14.8. The number of nitrogens with zero attached hydrogens (tertiary/aromatic N) is 8. The molecular formula is C56H70FN11O6. The number of benzene rings is 3. The molecule has 3 aliphatic heterocycles. The maximum atomic E-state index is 13.9. The fourth-order valence-corrected chi connectivity index (χ4v) is 9.47. The minimum Gasteiger partial charge on any atom is -0.360 e. The minimum absolute atomic E-state index is 0.0150. The molecule has 9 rings (SSSR count). The number of pyridine rings is 1. The van der Waals surface area contributed by atoms with Gasteiger partial charge in [0.1, 0.15) is 5.82 Å². The van der Waals surface area contributed by atoms with E-state index in [9.17, 15) is 28.4 Å². The molecule has 0 atom stereocenters. The van der Waals surface area contributed by atoms with E-state index in [1.807, 2.05) is 67.0 Å². The molecular weight excluding hydrogens is 942 g/mol. The van der Waals surface area contributed by atoms with Gasteiger partial charge in [-0.15, -0.1) is 0 Å². The van der Waals surface area contributed by atoms with E-state index in [2.05, 4.69) is 71.8 Å². The van der Waals surface area contributed by atoms with E-state index in [1.54, 1.807) is 24.4 Å². The number of carbonyl (C=O) groups is 4. The molecule has 17 nitrogen and oxygen atoms in total. The van der Waals surface area contributed by atoms with Crippen LogP contribution in [0.3, 0.4) is 0 Å². The summed E-state index contributed by atoms with van der Waals surface area (Å²) in [5.41, 5.74) is 5.64. The van der Waals surface area contributed by atoms with Crippen LogP contribution < -0.4 is 16.2 Å². The lowest BCUT2D eigenvalue weighted by molar-refractivity contribution is -0.134. The van der Waals surface area contributed by atoms with Crippen molar-refractivity contribution in [2.45, 2.75) is 59.9 Å². The van der Waals surface area contributed by atoms with Crippen molar-refractivity contribution >= 4 is 40.5 Å². The number of aromatic nitrogens is 4. The Labute approximate surface area is 432 Å². The molecule has 0 bridgehead atoms. The Kier molecular flexibility index (Phi) is 19.8. The fourth-order valence-electron chi connectivity index (χ4n) is 9.47. The average Bonchev–Trinajstić information content (AvgIpc) is 3.85. The van der Waals surface area contributed by atoms with Gasteiger partial charge in [-0.05, 0) is 93.2 Å². The van der Waals surface area contributed by atoms with Gasteiger partial charge in [0.05, 0.1) is 47.7 Å². The molecule has 0 radical (unpaired) electrons. The number of aldehydes is 1. The number of likely N-dealkylation sites (N-methyl/N-ethyl adjacent to an activating group) is 1. The van der Waals surface area contributed by atoms with Crippen LogP contribution in [0.25, 0.3) is 21.9 Å². The zero-order chi connectivity index (χ0) is 52.6. The Bertz CT molecular complexity index is 2900.